The SMILES string of the molecule is COc1ccc(CNC(=O)C(C)Oc2cccc(C#N)c2)cc1. The number of methoxy groups -OCH3 is 1. The zero-order valence-electron chi connectivity index (χ0n) is 13.1. The molecule has 0 aromatic heterocycles. The van der Waals surface area contributed by atoms with Gasteiger partial charge in [-0.05, 0) is 42.8 Å². The summed E-state index contributed by atoms with van der Waals surface area (Å²) >= 11 is 0. The number of amides is 1. The Bertz CT molecular complexity index is 705. The summed E-state index contributed by atoms with van der Waals surface area (Å²) in [5.74, 6) is 1.05. The molecule has 1 amide bonds. The van der Waals surface area contributed by atoms with Gasteiger partial charge in [0.1, 0.15) is 11.5 Å². The number of carbonyl (C=O) groups excluding carboxylic acids is 1. The molecule has 0 saturated carbocycles. The van der Waals surface area contributed by atoms with Crippen molar-refractivity contribution in [1.29, 1.82) is 5.26 Å². The Morgan fingerprint density at radius 1 is 1.22 bits per heavy atom. The maximum atomic E-state index is 12.1. The zero-order chi connectivity index (χ0) is 16.7. The van der Waals surface area contributed by atoms with Gasteiger partial charge in [0.2, 0.25) is 0 Å². The predicted molar refractivity (Wildman–Crippen MR) is 86.1 cm³/mol. The van der Waals surface area contributed by atoms with E-state index in [0.717, 1.165) is 11.3 Å². The second-order valence-corrected chi connectivity index (χ2v) is 4.97. The van der Waals surface area contributed by atoms with E-state index in [1.165, 1.54) is 0 Å². The molecule has 0 saturated heterocycles. The highest BCUT2D eigenvalue weighted by Crippen LogP contribution is 2.15. The summed E-state index contributed by atoms with van der Waals surface area (Å²) in [6, 6.07) is 16.2. The van der Waals surface area contributed by atoms with Gasteiger partial charge in [0.15, 0.2) is 6.10 Å². The summed E-state index contributed by atoms with van der Waals surface area (Å²) in [6.07, 6.45) is -0.651. The zero-order valence-corrected chi connectivity index (χ0v) is 13.1. The summed E-state index contributed by atoms with van der Waals surface area (Å²) in [7, 11) is 1.61. The van der Waals surface area contributed by atoms with E-state index in [9.17, 15) is 4.79 Å². The van der Waals surface area contributed by atoms with Gasteiger partial charge in [0, 0.05) is 6.54 Å². The third-order valence-electron chi connectivity index (χ3n) is 3.27. The lowest BCUT2D eigenvalue weighted by molar-refractivity contribution is -0.127. The molecule has 0 aliphatic heterocycles. The van der Waals surface area contributed by atoms with Gasteiger partial charge in [0.05, 0.1) is 18.7 Å². The molecule has 0 radical (unpaired) electrons. The molecule has 1 atom stereocenters. The van der Waals surface area contributed by atoms with E-state index < -0.39 is 6.10 Å². The van der Waals surface area contributed by atoms with Crippen molar-refractivity contribution in [3.05, 3.63) is 59.7 Å². The van der Waals surface area contributed by atoms with Gasteiger partial charge >= 0.3 is 0 Å². The molecule has 0 fully saturated rings. The Balaban J connectivity index is 1.88. The molecule has 118 valence electrons. The number of ether oxygens (including phenoxy) is 2. The van der Waals surface area contributed by atoms with Crippen LogP contribution in [0.2, 0.25) is 0 Å². The summed E-state index contributed by atoms with van der Waals surface area (Å²) in [6.45, 7) is 2.08. The van der Waals surface area contributed by atoms with E-state index in [1.807, 2.05) is 30.3 Å². The summed E-state index contributed by atoms with van der Waals surface area (Å²) in [4.78, 5) is 12.1. The Morgan fingerprint density at radius 3 is 2.61 bits per heavy atom. The number of carbonyl (C=O) groups is 1. The molecule has 23 heavy (non-hydrogen) atoms. The van der Waals surface area contributed by atoms with Crippen molar-refractivity contribution in [2.24, 2.45) is 0 Å². The summed E-state index contributed by atoms with van der Waals surface area (Å²) < 4.78 is 10.6. The second kappa shape index (κ2) is 7.85. The summed E-state index contributed by atoms with van der Waals surface area (Å²) in [5, 5.41) is 11.7. The first kappa shape index (κ1) is 16.4. The van der Waals surface area contributed by atoms with Gasteiger partial charge in [-0.3, -0.25) is 4.79 Å². The highest BCUT2D eigenvalue weighted by Gasteiger charge is 2.14. The maximum absolute atomic E-state index is 12.1. The van der Waals surface area contributed by atoms with Gasteiger partial charge in [-0.25, -0.2) is 0 Å². The molecule has 0 heterocycles. The Morgan fingerprint density at radius 2 is 1.96 bits per heavy atom. The molecule has 5 nitrogen and oxygen atoms in total. The van der Waals surface area contributed by atoms with Crippen molar-refractivity contribution in [3.63, 3.8) is 0 Å². The van der Waals surface area contributed by atoms with Crippen molar-refractivity contribution >= 4 is 5.91 Å². The van der Waals surface area contributed by atoms with Crippen LogP contribution >= 0.6 is 0 Å². The minimum atomic E-state index is -0.651. The molecule has 1 N–H and O–H groups in total. The number of nitriles is 1. The molecule has 2 rings (SSSR count). The monoisotopic (exact) mass is 310 g/mol. The van der Waals surface area contributed by atoms with Crippen LogP contribution in [0.4, 0.5) is 0 Å². The lowest BCUT2D eigenvalue weighted by Gasteiger charge is -2.15. The molecule has 0 spiro atoms. The van der Waals surface area contributed by atoms with Gasteiger partial charge in [-0.1, -0.05) is 18.2 Å². The molecular formula is C18H18N2O3. The molecule has 2 aromatic carbocycles. The quantitative estimate of drug-likeness (QED) is 0.890. The molecule has 0 aliphatic rings. The van der Waals surface area contributed by atoms with Crippen molar-refractivity contribution in [2.45, 2.75) is 19.6 Å². The third-order valence-corrected chi connectivity index (χ3v) is 3.27. The van der Waals surface area contributed by atoms with Crippen molar-refractivity contribution in [3.8, 4) is 17.6 Å². The van der Waals surface area contributed by atoms with E-state index in [0.29, 0.717) is 17.9 Å². The van der Waals surface area contributed by atoms with Gasteiger partial charge < -0.3 is 14.8 Å². The number of rotatable bonds is 6. The van der Waals surface area contributed by atoms with Crippen LogP contribution in [0.15, 0.2) is 48.5 Å². The molecule has 0 aliphatic carbocycles. The predicted octanol–water partition coefficient (Wildman–Crippen LogP) is 2.65. The Kier molecular flexibility index (Phi) is 5.59. The van der Waals surface area contributed by atoms with E-state index in [2.05, 4.69) is 5.32 Å². The van der Waals surface area contributed by atoms with E-state index in [1.54, 1.807) is 38.3 Å². The van der Waals surface area contributed by atoms with Crippen LogP contribution in [0.5, 0.6) is 11.5 Å². The number of benzene rings is 2. The van der Waals surface area contributed by atoms with Crippen molar-refractivity contribution < 1.29 is 14.3 Å². The fraction of sp³-hybridized carbons (Fsp3) is 0.222. The van der Waals surface area contributed by atoms with Crippen molar-refractivity contribution in [1.82, 2.24) is 5.32 Å². The van der Waals surface area contributed by atoms with E-state index >= 15 is 0 Å². The molecule has 2 aromatic rings. The van der Waals surface area contributed by atoms with Crippen LogP contribution in [-0.2, 0) is 11.3 Å². The standard InChI is InChI=1S/C18H18N2O3/c1-13(23-17-5-3-4-15(10-17)11-19)18(21)20-12-14-6-8-16(22-2)9-7-14/h3-10,13H,12H2,1-2H3,(H,20,21). The Labute approximate surface area is 135 Å². The minimum absolute atomic E-state index is 0.219. The molecular weight excluding hydrogens is 292 g/mol. The van der Waals surface area contributed by atoms with Crippen LogP contribution in [-0.4, -0.2) is 19.1 Å². The topological polar surface area (TPSA) is 71.3 Å². The Hall–Kier alpha value is -3.00. The van der Waals surface area contributed by atoms with E-state index in [-0.39, 0.29) is 5.91 Å². The lowest BCUT2D eigenvalue weighted by Crippen LogP contribution is -2.35. The average Bonchev–Trinajstić information content (AvgIpc) is 2.60. The lowest BCUT2D eigenvalue weighted by atomic mass is 10.2. The molecule has 1 unspecified atom stereocenters. The minimum Gasteiger partial charge on any atom is -0.497 e. The fourth-order valence-electron chi connectivity index (χ4n) is 1.97. The smallest absolute Gasteiger partial charge is 0.261 e. The molecule has 5 heteroatoms. The van der Waals surface area contributed by atoms with Gasteiger partial charge in [-0.15, -0.1) is 0 Å². The highest BCUT2D eigenvalue weighted by atomic mass is 16.5. The van der Waals surface area contributed by atoms with Crippen LogP contribution in [0.3, 0.4) is 0 Å². The third kappa shape index (κ3) is 4.75. The van der Waals surface area contributed by atoms with Gasteiger partial charge in [-0.2, -0.15) is 5.26 Å². The number of nitrogens with zero attached hydrogens (tertiary/aromatic N) is 1. The number of hydrogen-bond donors (Lipinski definition) is 1. The number of nitrogens with one attached hydrogen (secondary N) is 1. The van der Waals surface area contributed by atoms with E-state index in [4.69, 9.17) is 14.7 Å². The van der Waals surface area contributed by atoms with Gasteiger partial charge in [0.25, 0.3) is 5.91 Å². The largest absolute Gasteiger partial charge is 0.497 e. The molecule has 0 bridgehead atoms. The van der Waals surface area contributed by atoms with Crippen LogP contribution < -0.4 is 14.8 Å². The second-order valence-electron chi connectivity index (χ2n) is 4.97. The first-order valence-electron chi connectivity index (χ1n) is 7.20. The maximum Gasteiger partial charge on any atom is 0.261 e. The van der Waals surface area contributed by atoms with Crippen LogP contribution in [0.1, 0.15) is 18.1 Å². The number of hydrogen-bond acceptors (Lipinski definition) is 4. The van der Waals surface area contributed by atoms with Crippen molar-refractivity contribution in [2.75, 3.05) is 7.11 Å². The first-order chi connectivity index (χ1) is 11.1. The normalized spacial score (nSPS) is 11.2. The average molecular weight is 310 g/mol. The summed E-state index contributed by atoms with van der Waals surface area (Å²) in [5.41, 5.74) is 1.46. The highest BCUT2D eigenvalue weighted by molar-refractivity contribution is 5.80. The van der Waals surface area contributed by atoms with Crippen LogP contribution in [0.25, 0.3) is 0 Å². The fourth-order valence-corrected chi connectivity index (χ4v) is 1.97. The first-order valence-corrected chi connectivity index (χ1v) is 7.20. The van der Waals surface area contributed by atoms with Crippen LogP contribution in [0, 0.1) is 11.3 Å².